The number of aromatic nitrogens is 1. The number of fused-ring (bicyclic) bond motifs is 3. The molecule has 0 fully saturated rings. The van der Waals surface area contributed by atoms with E-state index in [-0.39, 0.29) is 11.0 Å². The second-order valence-electron chi connectivity index (χ2n) is 6.81. The van der Waals surface area contributed by atoms with E-state index < -0.39 is 12.9 Å². The molecule has 5 N–H and O–H groups in total. The second-order valence-corrected chi connectivity index (χ2v) is 6.81. The first-order valence-corrected chi connectivity index (χ1v) is 8.92. The van der Waals surface area contributed by atoms with Gasteiger partial charge in [-0.05, 0) is 55.0 Å². The quantitative estimate of drug-likeness (QED) is 0.325. The summed E-state index contributed by atoms with van der Waals surface area (Å²) in [6.07, 6.45) is 4.80. The van der Waals surface area contributed by atoms with Crippen LogP contribution in [0.4, 0.5) is 10.1 Å². The lowest BCUT2D eigenvalue weighted by molar-refractivity contribution is 0.423. The lowest BCUT2D eigenvalue weighted by atomic mass is 9.78. The Bertz CT molecular complexity index is 1070. The fourth-order valence-electron chi connectivity index (χ4n) is 3.98. The summed E-state index contributed by atoms with van der Waals surface area (Å²) in [6.45, 7) is 0. The van der Waals surface area contributed by atoms with Crippen LogP contribution in [0.3, 0.4) is 0 Å². The molecule has 0 aliphatic heterocycles. The van der Waals surface area contributed by atoms with E-state index in [9.17, 15) is 14.4 Å². The van der Waals surface area contributed by atoms with Crippen molar-refractivity contribution in [3.8, 4) is 11.3 Å². The van der Waals surface area contributed by atoms with Crippen LogP contribution in [0.15, 0.2) is 30.3 Å². The number of aryl methyl sites for hydroxylation is 1. The highest BCUT2D eigenvalue weighted by atomic mass is 19.1. The van der Waals surface area contributed by atoms with Crippen LogP contribution in [0.1, 0.15) is 29.5 Å². The van der Waals surface area contributed by atoms with Crippen LogP contribution in [0.5, 0.6) is 0 Å². The van der Waals surface area contributed by atoms with Crippen molar-refractivity contribution >= 4 is 35.4 Å². The van der Waals surface area contributed by atoms with E-state index in [1.54, 1.807) is 24.3 Å². The van der Waals surface area contributed by atoms with Crippen molar-refractivity contribution in [2.45, 2.75) is 25.7 Å². The molecule has 5 nitrogen and oxygen atoms in total. The molecule has 2 aromatic carbocycles. The van der Waals surface area contributed by atoms with Gasteiger partial charge in [-0.2, -0.15) is 0 Å². The molecule has 1 aliphatic rings. The highest BCUT2D eigenvalue weighted by Gasteiger charge is 2.25. The molecule has 7 heteroatoms. The Kier molecular flexibility index (Phi) is 4.41. The normalized spacial score (nSPS) is 13.4. The topological polar surface area (TPSA) is 103 Å². The molecule has 0 saturated carbocycles. The first-order valence-electron chi connectivity index (χ1n) is 8.92. The molecule has 0 spiro atoms. The molecule has 27 heavy (non-hydrogen) atoms. The molecule has 0 atom stereocenters. The summed E-state index contributed by atoms with van der Waals surface area (Å²) < 4.78 is 15.0. The molecule has 0 amide bonds. The molecular formula is C20H19BFN3O2. The van der Waals surface area contributed by atoms with Gasteiger partial charge in [0.25, 0.3) is 0 Å². The van der Waals surface area contributed by atoms with Gasteiger partial charge in [-0.3, -0.25) is 0 Å². The van der Waals surface area contributed by atoms with E-state index in [1.807, 2.05) is 0 Å². The molecule has 0 radical (unpaired) electrons. The van der Waals surface area contributed by atoms with Crippen LogP contribution in [0, 0.1) is 11.2 Å². The average molecular weight is 363 g/mol. The number of rotatable bonds is 3. The number of hydrogen-bond acceptors (Lipinski definition) is 5. The molecule has 0 bridgehead atoms. The van der Waals surface area contributed by atoms with Gasteiger partial charge in [0.05, 0.1) is 11.2 Å². The van der Waals surface area contributed by atoms with Gasteiger partial charge < -0.3 is 21.2 Å². The third kappa shape index (κ3) is 2.79. The molecule has 0 saturated heterocycles. The smallest absolute Gasteiger partial charge is 0.423 e. The van der Waals surface area contributed by atoms with Crippen molar-refractivity contribution in [3.05, 3.63) is 52.8 Å². The Hall–Kier alpha value is -2.77. The summed E-state index contributed by atoms with van der Waals surface area (Å²) in [6, 6.07) is 8.06. The third-order valence-corrected chi connectivity index (χ3v) is 5.25. The highest BCUT2D eigenvalue weighted by Crippen LogP contribution is 2.37. The lowest BCUT2D eigenvalue weighted by Crippen LogP contribution is -2.33. The molecule has 4 rings (SSSR count). The Labute approximate surface area is 156 Å². The first-order chi connectivity index (χ1) is 13.0. The number of pyridine rings is 1. The number of nitrogens with zero attached hydrogens (tertiary/aromatic N) is 1. The predicted molar refractivity (Wildman–Crippen MR) is 106 cm³/mol. The van der Waals surface area contributed by atoms with Gasteiger partial charge >= 0.3 is 7.12 Å². The van der Waals surface area contributed by atoms with Gasteiger partial charge in [0.15, 0.2) is 0 Å². The molecule has 136 valence electrons. The molecule has 1 aliphatic carbocycles. The van der Waals surface area contributed by atoms with Gasteiger partial charge in [-0.15, -0.1) is 0 Å². The summed E-state index contributed by atoms with van der Waals surface area (Å²) >= 11 is 0. The van der Waals surface area contributed by atoms with Crippen molar-refractivity contribution < 1.29 is 14.4 Å². The third-order valence-electron chi connectivity index (χ3n) is 5.25. The Balaban J connectivity index is 2.08. The van der Waals surface area contributed by atoms with Gasteiger partial charge in [-0.1, -0.05) is 12.1 Å². The Morgan fingerprint density at radius 2 is 1.85 bits per heavy atom. The van der Waals surface area contributed by atoms with E-state index in [4.69, 9.17) is 16.1 Å². The van der Waals surface area contributed by atoms with Crippen molar-refractivity contribution in [2.75, 3.05) is 5.73 Å². The minimum Gasteiger partial charge on any atom is -0.423 e. The number of hydrogen-bond donors (Lipinski definition) is 4. The standard InChI is InChI=1S/C20H19BFN3O2/c22-19-13(6-3-7-15(19)21(26)27)20-12-5-2-1-4-11(12)18-14(10-23)16(24)8-9-17(18)25-20/h3,6-10,23,26-27H,1-2,4-5,24H2. The maximum Gasteiger partial charge on any atom is 0.491 e. The molecular weight excluding hydrogens is 344 g/mol. The van der Waals surface area contributed by atoms with E-state index >= 15 is 0 Å². The van der Waals surface area contributed by atoms with Crippen molar-refractivity contribution in [3.63, 3.8) is 0 Å². The van der Waals surface area contributed by atoms with Gasteiger partial charge in [-0.25, -0.2) is 9.37 Å². The highest BCUT2D eigenvalue weighted by molar-refractivity contribution is 6.58. The number of nitrogen functional groups attached to an aromatic ring is 1. The number of nitrogens with one attached hydrogen (secondary N) is 1. The van der Waals surface area contributed by atoms with Gasteiger partial charge in [0, 0.05) is 33.9 Å². The summed E-state index contributed by atoms with van der Waals surface area (Å²) in [4.78, 5) is 4.71. The minimum absolute atomic E-state index is 0.170. The Morgan fingerprint density at radius 1 is 1.11 bits per heavy atom. The van der Waals surface area contributed by atoms with E-state index in [2.05, 4.69) is 0 Å². The van der Waals surface area contributed by atoms with Crippen molar-refractivity contribution in [1.82, 2.24) is 4.98 Å². The van der Waals surface area contributed by atoms with E-state index in [1.165, 1.54) is 12.3 Å². The molecule has 1 aromatic heterocycles. The molecule has 1 heterocycles. The number of halogens is 1. The van der Waals surface area contributed by atoms with Gasteiger partial charge in [0.2, 0.25) is 0 Å². The van der Waals surface area contributed by atoms with E-state index in [0.717, 1.165) is 42.2 Å². The number of anilines is 1. The zero-order valence-electron chi connectivity index (χ0n) is 14.7. The van der Waals surface area contributed by atoms with Crippen molar-refractivity contribution in [1.29, 1.82) is 5.41 Å². The van der Waals surface area contributed by atoms with Crippen LogP contribution in [0.2, 0.25) is 0 Å². The van der Waals surface area contributed by atoms with Crippen molar-refractivity contribution in [2.24, 2.45) is 0 Å². The van der Waals surface area contributed by atoms with Crippen LogP contribution in [-0.4, -0.2) is 28.4 Å². The van der Waals surface area contributed by atoms with Crippen LogP contribution in [0.25, 0.3) is 22.2 Å². The minimum atomic E-state index is -1.88. The van der Waals surface area contributed by atoms with Gasteiger partial charge in [0.1, 0.15) is 5.82 Å². The average Bonchev–Trinajstić information content (AvgIpc) is 2.67. The monoisotopic (exact) mass is 363 g/mol. The lowest BCUT2D eigenvalue weighted by Gasteiger charge is -2.23. The largest absolute Gasteiger partial charge is 0.491 e. The van der Waals surface area contributed by atoms with E-state index in [0.29, 0.717) is 22.5 Å². The summed E-state index contributed by atoms with van der Waals surface area (Å²) in [5, 5.41) is 27.5. The molecule has 3 aromatic rings. The van der Waals surface area contributed by atoms with Crippen LogP contribution in [-0.2, 0) is 12.8 Å². The number of nitrogens with two attached hydrogens (primary N) is 1. The first kappa shape index (κ1) is 17.6. The summed E-state index contributed by atoms with van der Waals surface area (Å²) in [5.41, 5.74) is 10.5. The maximum absolute atomic E-state index is 15.0. The van der Waals surface area contributed by atoms with Crippen LogP contribution >= 0.6 is 0 Å². The summed E-state index contributed by atoms with van der Waals surface area (Å²) in [5.74, 6) is -0.671. The van der Waals surface area contributed by atoms with Crippen LogP contribution < -0.4 is 11.2 Å². The zero-order valence-corrected chi connectivity index (χ0v) is 14.7. The second kappa shape index (κ2) is 6.76. The predicted octanol–water partition coefficient (Wildman–Crippen LogP) is 2.18. The SMILES string of the molecule is N=Cc1c(N)ccc2nc(-c3cccc(B(O)O)c3F)c3c(c12)CCCC3. The molecule has 0 unspecified atom stereocenters. The Morgan fingerprint density at radius 3 is 2.56 bits per heavy atom. The summed E-state index contributed by atoms with van der Waals surface area (Å²) in [7, 11) is -1.88. The zero-order chi connectivity index (χ0) is 19.1. The fourth-order valence-corrected chi connectivity index (χ4v) is 3.98. The fraction of sp³-hybridized carbons (Fsp3) is 0.200. The maximum atomic E-state index is 15.0. The number of benzene rings is 2.